The smallest absolute Gasteiger partial charge is 0.403 e. The summed E-state index contributed by atoms with van der Waals surface area (Å²) in [6.07, 6.45) is 1.03. The van der Waals surface area contributed by atoms with Gasteiger partial charge in [0.2, 0.25) is 0 Å². The Morgan fingerprint density at radius 2 is 1.41 bits per heavy atom. The Bertz CT molecular complexity index is 501. The third-order valence-corrected chi connectivity index (χ3v) is 7.99. The molecule has 0 aliphatic carbocycles. The molecule has 0 bridgehead atoms. The van der Waals surface area contributed by atoms with Crippen molar-refractivity contribution in [1.82, 2.24) is 0 Å². The highest BCUT2D eigenvalue weighted by Gasteiger charge is 2.55. The molecule has 1 aliphatic heterocycles. The number of benzene rings is 1. The average molecular weight is 318 g/mol. The fraction of sp³-hybridized carbons (Fsp3) is 0.667. The van der Waals surface area contributed by atoms with E-state index in [1.54, 1.807) is 0 Å². The third-order valence-electron chi connectivity index (χ3n) is 5.29. The first-order valence-corrected chi connectivity index (χ1v) is 11.9. The van der Waals surface area contributed by atoms with Crippen molar-refractivity contribution in [3.63, 3.8) is 0 Å². The first-order chi connectivity index (χ1) is 9.92. The largest absolute Gasteiger partial charge is 0.458 e. The first-order valence-electron chi connectivity index (χ1n) is 8.33. The third kappa shape index (κ3) is 3.66. The van der Waals surface area contributed by atoms with Crippen molar-refractivity contribution in [2.24, 2.45) is 0 Å². The zero-order valence-corrected chi connectivity index (χ0v) is 16.5. The van der Waals surface area contributed by atoms with Crippen LogP contribution in [0.2, 0.25) is 25.1 Å². The van der Waals surface area contributed by atoms with Gasteiger partial charge in [-0.15, -0.1) is 0 Å². The van der Waals surface area contributed by atoms with Gasteiger partial charge in [0.05, 0.1) is 11.2 Å². The molecule has 1 saturated heterocycles. The molecule has 1 unspecified atom stereocenters. The van der Waals surface area contributed by atoms with Gasteiger partial charge in [-0.05, 0) is 52.0 Å². The number of hydrogen-bond donors (Lipinski definition) is 0. The topological polar surface area (TPSA) is 18.5 Å². The number of aryl methyl sites for hydroxylation is 1. The van der Waals surface area contributed by atoms with E-state index in [9.17, 15) is 0 Å². The van der Waals surface area contributed by atoms with E-state index in [1.807, 2.05) is 0 Å². The summed E-state index contributed by atoms with van der Waals surface area (Å²) in [5, 5.41) is 0. The molecule has 0 radical (unpaired) electrons. The minimum Gasteiger partial charge on any atom is -0.403 e. The number of rotatable bonds is 4. The maximum absolute atomic E-state index is 6.36. The Morgan fingerprint density at radius 3 is 1.82 bits per heavy atom. The van der Waals surface area contributed by atoms with Crippen molar-refractivity contribution in [1.29, 1.82) is 0 Å². The Labute approximate surface area is 137 Å². The van der Waals surface area contributed by atoms with Crippen LogP contribution in [0.3, 0.4) is 0 Å². The van der Waals surface area contributed by atoms with Gasteiger partial charge < -0.3 is 9.31 Å². The van der Waals surface area contributed by atoms with Crippen LogP contribution in [-0.2, 0) is 15.7 Å². The van der Waals surface area contributed by atoms with E-state index in [4.69, 9.17) is 9.31 Å². The van der Waals surface area contributed by atoms with Crippen LogP contribution in [0.4, 0.5) is 0 Å². The molecule has 0 aromatic heterocycles. The maximum atomic E-state index is 6.36. The maximum Gasteiger partial charge on any atom is 0.458 e. The standard InChI is InChI=1S/C18H31BO2Si/c1-14-9-11-15(12-10-14)13-16(22(6,7)8)19-20-17(2,3)18(4,5)21-19/h9-12,16H,13H2,1-8H3. The molecule has 1 aliphatic rings. The SMILES string of the molecule is Cc1ccc(CC(B2OC(C)(C)C(C)(C)O2)[Si](C)(C)C)cc1. The van der Waals surface area contributed by atoms with Crippen LogP contribution in [-0.4, -0.2) is 26.4 Å². The normalized spacial score (nSPS) is 21.9. The van der Waals surface area contributed by atoms with E-state index in [-0.39, 0.29) is 18.3 Å². The summed E-state index contributed by atoms with van der Waals surface area (Å²) in [5.74, 6) is 0. The minimum absolute atomic E-state index is 0.0991. The van der Waals surface area contributed by atoms with Gasteiger partial charge in [-0.25, -0.2) is 0 Å². The van der Waals surface area contributed by atoms with Gasteiger partial charge >= 0.3 is 7.12 Å². The molecule has 1 fully saturated rings. The second kappa shape index (κ2) is 5.81. The lowest BCUT2D eigenvalue weighted by molar-refractivity contribution is 0.00578. The highest BCUT2D eigenvalue weighted by atomic mass is 28.3. The molecule has 2 rings (SSSR count). The van der Waals surface area contributed by atoms with Gasteiger partial charge in [0, 0.05) is 8.07 Å². The quantitative estimate of drug-likeness (QED) is 0.737. The van der Waals surface area contributed by atoms with Gasteiger partial charge in [0.1, 0.15) is 0 Å². The molecule has 2 nitrogen and oxygen atoms in total. The predicted molar refractivity (Wildman–Crippen MR) is 98.1 cm³/mol. The summed E-state index contributed by atoms with van der Waals surface area (Å²) >= 11 is 0. The highest BCUT2D eigenvalue weighted by molar-refractivity contribution is 6.87. The van der Waals surface area contributed by atoms with Crippen molar-refractivity contribution in [2.75, 3.05) is 0 Å². The van der Waals surface area contributed by atoms with Crippen LogP contribution in [0.15, 0.2) is 24.3 Å². The van der Waals surface area contributed by atoms with Gasteiger partial charge in [-0.3, -0.25) is 0 Å². The lowest BCUT2D eigenvalue weighted by Gasteiger charge is -2.32. The summed E-state index contributed by atoms with van der Waals surface area (Å²) in [5.41, 5.74) is 2.65. The summed E-state index contributed by atoms with van der Waals surface area (Å²) in [6, 6.07) is 8.88. The summed E-state index contributed by atoms with van der Waals surface area (Å²) in [6.45, 7) is 17.9. The molecular formula is C18H31BO2Si. The van der Waals surface area contributed by atoms with Gasteiger partial charge in [0.15, 0.2) is 0 Å². The lowest BCUT2D eigenvalue weighted by atomic mass is 9.80. The molecule has 1 heterocycles. The zero-order chi connectivity index (χ0) is 16.8. The fourth-order valence-corrected chi connectivity index (χ4v) is 4.64. The van der Waals surface area contributed by atoms with E-state index in [2.05, 4.69) is 78.5 Å². The Balaban J connectivity index is 2.23. The van der Waals surface area contributed by atoms with Crippen molar-refractivity contribution in [2.45, 2.75) is 77.3 Å². The van der Waals surface area contributed by atoms with Crippen molar-refractivity contribution >= 4 is 15.2 Å². The van der Waals surface area contributed by atoms with E-state index >= 15 is 0 Å². The summed E-state index contributed by atoms with van der Waals surface area (Å²) in [4.78, 5) is 0. The molecule has 0 saturated carbocycles. The molecular weight excluding hydrogens is 287 g/mol. The zero-order valence-electron chi connectivity index (χ0n) is 15.5. The van der Waals surface area contributed by atoms with Crippen LogP contribution in [0.25, 0.3) is 0 Å². The minimum atomic E-state index is -1.42. The van der Waals surface area contributed by atoms with Crippen molar-refractivity contribution in [3.8, 4) is 0 Å². The Kier molecular flexibility index (Phi) is 4.69. The van der Waals surface area contributed by atoms with Crippen molar-refractivity contribution in [3.05, 3.63) is 35.4 Å². The van der Waals surface area contributed by atoms with E-state index in [0.717, 1.165) is 6.42 Å². The molecule has 0 spiro atoms. The van der Waals surface area contributed by atoms with E-state index < -0.39 is 8.07 Å². The second-order valence-electron chi connectivity index (χ2n) is 8.79. The predicted octanol–water partition coefficient (Wildman–Crippen LogP) is 4.88. The van der Waals surface area contributed by atoms with Crippen molar-refractivity contribution < 1.29 is 9.31 Å². The Hall–Kier alpha value is -0.578. The highest BCUT2D eigenvalue weighted by Crippen LogP contribution is 2.43. The van der Waals surface area contributed by atoms with Gasteiger partial charge in [0.25, 0.3) is 0 Å². The molecule has 1 atom stereocenters. The van der Waals surface area contributed by atoms with Crippen LogP contribution >= 0.6 is 0 Å². The van der Waals surface area contributed by atoms with Crippen LogP contribution in [0.5, 0.6) is 0 Å². The average Bonchev–Trinajstić information content (AvgIpc) is 2.55. The lowest BCUT2D eigenvalue weighted by Crippen LogP contribution is -2.42. The molecule has 22 heavy (non-hydrogen) atoms. The van der Waals surface area contributed by atoms with Gasteiger partial charge in [-0.2, -0.15) is 0 Å². The first kappa shape index (κ1) is 17.8. The number of hydrogen-bond acceptors (Lipinski definition) is 2. The van der Waals surface area contributed by atoms with Crippen LogP contribution < -0.4 is 0 Å². The molecule has 122 valence electrons. The summed E-state index contributed by atoms with van der Waals surface area (Å²) < 4.78 is 12.7. The van der Waals surface area contributed by atoms with Gasteiger partial charge in [-0.1, -0.05) is 49.5 Å². The molecule has 4 heteroatoms. The summed E-state index contributed by atoms with van der Waals surface area (Å²) in [7, 11) is -1.52. The molecule has 0 N–H and O–H groups in total. The van der Waals surface area contributed by atoms with E-state index in [1.165, 1.54) is 11.1 Å². The monoisotopic (exact) mass is 318 g/mol. The van der Waals surface area contributed by atoms with Crippen LogP contribution in [0.1, 0.15) is 38.8 Å². The van der Waals surface area contributed by atoms with Crippen LogP contribution in [0, 0.1) is 6.92 Å². The molecule has 0 amide bonds. The Morgan fingerprint density at radius 1 is 0.955 bits per heavy atom. The second-order valence-corrected chi connectivity index (χ2v) is 14.3. The molecule has 1 aromatic carbocycles. The fourth-order valence-electron chi connectivity index (χ4n) is 2.84. The van der Waals surface area contributed by atoms with E-state index in [0.29, 0.717) is 5.44 Å². The molecule has 1 aromatic rings.